The molecular weight excluding hydrogens is 535 g/mol. The molecule has 4 heterocycles. The fourth-order valence-electron chi connectivity index (χ4n) is 6.60. The molecule has 1 unspecified atom stereocenters. The van der Waals surface area contributed by atoms with Crippen molar-refractivity contribution in [3.63, 3.8) is 0 Å². The van der Waals surface area contributed by atoms with E-state index in [2.05, 4.69) is 33.7 Å². The van der Waals surface area contributed by atoms with E-state index in [-0.39, 0.29) is 29.3 Å². The molecule has 2 N–H and O–H groups in total. The Labute approximate surface area is 243 Å². The van der Waals surface area contributed by atoms with Crippen LogP contribution in [0, 0.1) is 11.2 Å². The molecule has 2 aliphatic carbocycles. The molecule has 11 heteroatoms. The maximum Gasteiger partial charge on any atom is 0.278 e. The first-order chi connectivity index (χ1) is 20.2. The third kappa shape index (κ3) is 4.21. The lowest BCUT2D eigenvalue weighted by Crippen LogP contribution is -2.44. The highest BCUT2D eigenvalue weighted by atomic mass is 19.1. The Morgan fingerprint density at radius 2 is 1.90 bits per heavy atom. The molecule has 1 saturated heterocycles. The monoisotopic (exact) mass is 570 g/mol. The van der Waals surface area contributed by atoms with Crippen LogP contribution in [-0.2, 0) is 18.6 Å². The molecule has 0 amide bonds. The van der Waals surface area contributed by atoms with Crippen LogP contribution in [0.1, 0.15) is 37.4 Å². The SMILES string of the molecule is C=CCn1c(=O)c2cnc(Nc3ccc(N4CCN(C)CC4)c(F)c3)nc2n1-c1ccc2c(n1)C(C)(O)C1(CC2)CC1. The normalized spacial score (nSPS) is 21.5. The number of allylic oxidation sites excluding steroid dienone is 1. The number of hydrogen-bond donors (Lipinski definition) is 2. The summed E-state index contributed by atoms with van der Waals surface area (Å²) in [5.74, 6) is 0.381. The van der Waals surface area contributed by atoms with Crippen molar-refractivity contribution in [2.24, 2.45) is 5.41 Å². The first kappa shape index (κ1) is 26.8. The van der Waals surface area contributed by atoms with Gasteiger partial charge in [-0.3, -0.25) is 4.79 Å². The van der Waals surface area contributed by atoms with Crippen LogP contribution >= 0.6 is 0 Å². The average molecular weight is 571 g/mol. The topological polar surface area (TPSA) is 104 Å². The third-order valence-corrected chi connectivity index (χ3v) is 9.43. The van der Waals surface area contributed by atoms with E-state index in [0.717, 1.165) is 57.4 Å². The molecule has 1 aromatic carbocycles. The van der Waals surface area contributed by atoms with Crippen LogP contribution < -0.4 is 15.8 Å². The summed E-state index contributed by atoms with van der Waals surface area (Å²) in [5, 5.41) is 15.0. The van der Waals surface area contributed by atoms with Crippen LogP contribution in [-0.4, -0.2) is 67.5 Å². The number of halogens is 1. The number of aromatic nitrogens is 5. The summed E-state index contributed by atoms with van der Waals surface area (Å²) < 4.78 is 18.3. The van der Waals surface area contributed by atoms with Gasteiger partial charge in [0.15, 0.2) is 11.5 Å². The van der Waals surface area contributed by atoms with Crippen molar-refractivity contribution in [3.05, 3.63) is 76.6 Å². The number of benzene rings is 1. The van der Waals surface area contributed by atoms with Crippen molar-refractivity contribution in [2.45, 2.75) is 44.8 Å². The highest BCUT2D eigenvalue weighted by molar-refractivity contribution is 5.77. The van der Waals surface area contributed by atoms with Crippen molar-refractivity contribution in [3.8, 4) is 5.82 Å². The van der Waals surface area contributed by atoms with Gasteiger partial charge in [0.2, 0.25) is 5.95 Å². The lowest BCUT2D eigenvalue weighted by molar-refractivity contribution is -0.0371. The molecule has 42 heavy (non-hydrogen) atoms. The van der Waals surface area contributed by atoms with Gasteiger partial charge in [0.25, 0.3) is 5.56 Å². The van der Waals surface area contributed by atoms with Gasteiger partial charge in [-0.2, -0.15) is 4.98 Å². The number of nitrogens with zero attached hydrogens (tertiary/aromatic N) is 7. The molecule has 0 radical (unpaired) electrons. The zero-order valence-electron chi connectivity index (χ0n) is 24.0. The standard InChI is InChI=1S/C31H35FN8O2/c1-4-13-39-28(41)22-19-33-29(34-21-6-7-24(23(32)18-21)38-16-14-37(3)15-17-38)36-27(22)40(39)25-8-5-20-9-10-31(11-12-31)30(2,42)26(20)35-25/h4-8,18-19,42H,1,9-17H2,2-3H3,(H,33,34,36). The number of anilines is 3. The highest BCUT2D eigenvalue weighted by Gasteiger charge is 2.59. The minimum atomic E-state index is -1.05. The molecule has 4 aromatic rings. The Morgan fingerprint density at radius 1 is 1.12 bits per heavy atom. The van der Waals surface area contributed by atoms with Gasteiger partial charge < -0.3 is 20.2 Å². The summed E-state index contributed by atoms with van der Waals surface area (Å²) in [6, 6.07) is 8.87. The van der Waals surface area contributed by atoms with E-state index >= 15 is 4.39 Å². The van der Waals surface area contributed by atoms with Gasteiger partial charge in [-0.15, -0.1) is 6.58 Å². The van der Waals surface area contributed by atoms with E-state index in [9.17, 15) is 9.90 Å². The Kier molecular flexibility index (Phi) is 6.21. The molecule has 1 saturated carbocycles. The Hall–Kier alpha value is -4.09. The van der Waals surface area contributed by atoms with Gasteiger partial charge in [-0.25, -0.2) is 23.7 Å². The highest BCUT2D eigenvalue weighted by Crippen LogP contribution is 2.63. The largest absolute Gasteiger partial charge is 0.383 e. The number of piperazine rings is 1. The second-order valence-corrected chi connectivity index (χ2v) is 12.0. The molecule has 0 bridgehead atoms. The molecule has 1 atom stereocenters. The van der Waals surface area contributed by atoms with Crippen LogP contribution in [0.4, 0.5) is 21.7 Å². The lowest BCUT2D eigenvalue weighted by atomic mass is 9.72. The molecule has 3 aliphatic rings. The lowest BCUT2D eigenvalue weighted by Gasteiger charge is -2.38. The van der Waals surface area contributed by atoms with Gasteiger partial charge in [0.05, 0.1) is 17.9 Å². The number of aryl methyl sites for hydroxylation is 1. The second-order valence-electron chi connectivity index (χ2n) is 12.0. The van der Waals surface area contributed by atoms with Crippen molar-refractivity contribution >= 4 is 28.4 Å². The summed E-state index contributed by atoms with van der Waals surface area (Å²) >= 11 is 0. The average Bonchev–Trinajstić information content (AvgIpc) is 3.72. The summed E-state index contributed by atoms with van der Waals surface area (Å²) in [7, 11) is 2.07. The number of aliphatic hydroxyl groups is 1. The molecule has 3 aromatic heterocycles. The van der Waals surface area contributed by atoms with Gasteiger partial charge in [-0.1, -0.05) is 12.1 Å². The molecule has 218 valence electrons. The van der Waals surface area contributed by atoms with Gasteiger partial charge in [0, 0.05) is 43.5 Å². The number of likely N-dealkylation sites (N-methyl/N-ethyl adjacent to an activating group) is 1. The molecule has 1 aliphatic heterocycles. The number of pyridine rings is 1. The summed E-state index contributed by atoms with van der Waals surface area (Å²) in [5.41, 5.74) is 1.66. The van der Waals surface area contributed by atoms with Crippen LogP contribution in [0.2, 0.25) is 0 Å². The van der Waals surface area contributed by atoms with E-state index < -0.39 is 5.60 Å². The predicted molar refractivity (Wildman–Crippen MR) is 160 cm³/mol. The Bertz CT molecular complexity index is 1760. The first-order valence-corrected chi connectivity index (χ1v) is 14.5. The summed E-state index contributed by atoms with van der Waals surface area (Å²) in [4.78, 5) is 31.7. The zero-order valence-corrected chi connectivity index (χ0v) is 24.0. The number of nitrogens with one attached hydrogen (secondary N) is 1. The quantitative estimate of drug-likeness (QED) is 0.338. The van der Waals surface area contributed by atoms with E-state index in [1.165, 1.54) is 16.9 Å². The maximum atomic E-state index is 15.2. The van der Waals surface area contributed by atoms with Gasteiger partial charge in [0.1, 0.15) is 16.8 Å². The smallest absolute Gasteiger partial charge is 0.278 e. The van der Waals surface area contributed by atoms with Crippen LogP contribution in [0.15, 0.2) is 54.0 Å². The number of rotatable bonds is 6. The molecule has 1 spiro atoms. The second kappa shape index (κ2) is 9.74. The molecule has 10 nitrogen and oxygen atoms in total. The van der Waals surface area contributed by atoms with Crippen molar-refractivity contribution in [1.82, 2.24) is 29.2 Å². The number of fused-ring (bicyclic) bond motifs is 2. The number of hydrogen-bond acceptors (Lipinski definition) is 8. The Balaban J connectivity index is 1.26. The maximum absolute atomic E-state index is 15.2. The van der Waals surface area contributed by atoms with Crippen molar-refractivity contribution < 1.29 is 9.50 Å². The van der Waals surface area contributed by atoms with Gasteiger partial charge in [-0.05, 0) is 69.5 Å². The fourth-order valence-corrected chi connectivity index (χ4v) is 6.60. The molecule has 7 rings (SSSR count). The van der Waals surface area contributed by atoms with Crippen LogP contribution in [0.3, 0.4) is 0 Å². The van der Waals surface area contributed by atoms with Crippen LogP contribution in [0.5, 0.6) is 0 Å². The van der Waals surface area contributed by atoms with E-state index in [0.29, 0.717) is 33.9 Å². The van der Waals surface area contributed by atoms with Gasteiger partial charge >= 0.3 is 0 Å². The molecule has 2 fully saturated rings. The van der Waals surface area contributed by atoms with E-state index in [1.807, 2.05) is 19.1 Å². The van der Waals surface area contributed by atoms with E-state index in [1.54, 1.807) is 22.9 Å². The predicted octanol–water partition coefficient (Wildman–Crippen LogP) is 3.73. The van der Waals surface area contributed by atoms with Crippen molar-refractivity contribution in [1.29, 1.82) is 0 Å². The first-order valence-electron chi connectivity index (χ1n) is 14.5. The fraction of sp³-hybridized carbons (Fsp3) is 0.419. The molecular formula is C31H35FN8O2. The minimum Gasteiger partial charge on any atom is -0.383 e. The minimum absolute atomic E-state index is 0.125. The van der Waals surface area contributed by atoms with Crippen molar-refractivity contribution in [2.75, 3.05) is 43.4 Å². The summed E-state index contributed by atoms with van der Waals surface area (Å²) in [6.07, 6.45) is 6.90. The Morgan fingerprint density at radius 3 is 2.62 bits per heavy atom. The zero-order chi connectivity index (χ0) is 29.2. The van der Waals surface area contributed by atoms with E-state index in [4.69, 9.17) is 9.97 Å². The van der Waals surface area contributed by atoms with Crippen LogP contribution in [0.25, 0.3) is 16.9 Å². The summed E-state index contributed by atoms with van der Waals surface area (Å²) in [6.45, 7) is 9.23. The third-order valence-electron chi connectivity index (χ3n) is 9.43.